The molecule has 2 N–H and O–H groups in total. The molecule has 0 radical (unpaired) electrons. The van der Waals surface area contributed by atoms with E-state index in [0.29, 0.717) is 24.3 Å². The molecule has 1 aliphatic heterocycles. The van der Waals surface area contributed by atoms with Crippen LogP contribution in [0.15, 0.2) is 12.4 Å². The third-order valence-electron chi connectivity index (χ3n) is 4.46. The number of anilines is 1. The van der Waals surface area contributed by atoms with Crippen LogP contribution in [0.1, 0.15) is 38.4 Å². The Morgan fingerprint density at radius 2 is 1.93 bits per heavy atom. The molecule has 2 aromatic heterocycles. The van der Waals surface area contributed by atoms with Crippen molar-refractivity contribution in [3.8, 4) is 0 Å². The van der Waals surface area contributed by atoms with Crippen LogP contribution in [0.3, 0.4) is 0 Å². The largest absolute Gasteiger partial charge is 0.402 e. The van der Waals surface area contributed by atoms with E-state index in [2.05, 4.69) is 20.5 Å². The van der Waals surface area contributed by atoms with Crippen LogP contribution in [-0.4, -0.2) is 64.2 Å². The Hall–Kier alpha value is -1.99. The number of halogens is 3. The molecule has 1 saturated heterocycles. The summed E-state index contributed by atoms with van der Waals surface area (Å²) in [5.74, 6) is 1.53. The van der Waals surface area contributed by atoms with E-state index in [-0.39, 0.29) is 25.0 Å². The monoisotopic (exact) mass is 421 g/mol. The molecule has 0 amide bonds. The zero-order valence-electron chi connectivity index (χ0n) is 15.4. The minimum Gasteiger partial charge on any atom is -0.364 e. The Labute approximate surface area is 160 Å². The predicted molar refractivity (Wildman–Crippen MR) is 96.1 cm³/mol. The first-order valence-electron chi connectivity index (χ1n) is 8.84. The summed E-state index contributed by atoms with van der Waals surface area (Å²) < 4.78 is 65.2. The van der Waals surface area contributed by atoms with E-state index in [0.717, 1.165) is 10.1 Å². The smallest absolute Gasteiger partial charge is 0.364 e. The number of fused-ring (bicyclic) bond motifs is 1. The van der Waals surface area contributed by atoms with Gasteiger partial charge in [-0.05, 0) is 12.8 Å². The Bertz CT molecular complexity index is 921. The lowest BCUT2D eigenvalue weighted by Crippen LogP contribution is -2.49. The van der Waals surface area contributed by atoms with E-state index in [9.17, 15) is 21.6 Å². The zero-order valence-corrected chi connectivity index (χ0v) is 16.3. The highest BCUT2D eigenvalue weighted by molar-refractivity contribution is 7.87. The van der Waals surface area contributed by atoms with Crippen molar-refractivity contribution in [3.63, 3.8) is 0 Å². The van der Waals surface area contributed by atoms with Crippen LogP contribution in [0.25, 0.3) is 5.65 Å². The highest BCUT2D eigenvalue weighted by Gasteiger charge is 2.33. The molecule has 0 atom stereocenters. The first-order valence-corrected chi connectivity index (χ1v) is 10.3. The lowest BCUT2D eigenvalue weighted by atomic mass is 10.1. The summed E-state index contributed by atoms with van der Waals surface area (Å²) in [5.41, 5.74) is 0.577. The van der Waals surface area contributed by atoms with Crippen molar-refractivity contribution in [3.05, 3.63) is 18.2 Å². The maximum Gasteiger partial charge on any atom is 0.402 e. The van der Waals surface area contributed by atoms with Gasteiger partial charge in [0.05, 0.1) is 0 Å². The topological polar surface area (TPSA) is 105 Å². The van der Waals surface area contributed by atoms with Crippen molar-refractivity contribution in [1.29, 1.82) is 0 Å². The molecule has 0 saturated carbocycles. The minimum absolute atomic E-state index is 0.0769. The number of hydrogen-bond donors (Lipinski definition) is 2. The van der Waals surface area contributed by atoms with Crippen LogP contribution >= 0.6 is 0 Å². The maximum absolute atomic E-state index is 12.3. The standard InChI is InChI=1S/C15H22F3N7O2S/c1-10(2)13-22-23-14-12(19-5-8-25(13)14)21-11-3-6-24(7-4-11)28(26,27)20-9-15(16,17)18/h5,8,10-11,20H,3-4,6-7,9H2,1-2H3,(H,19,21). The van der Waals surface area contributed by atoms with Crippen molar-refractivity contribution in [2.24, 2.45) is 0 Å². The summed E-state index contributed by atoms with van der Waals surface area (Å²) in [6.45, 7) is 2.65. The molecule has 3 heterocycles. The number of nitrogens with one attached hydrogen (secondary N) is 2. The first-order chi connectivity index (χ1) is 13.1. The second-order valence-electron chi connectivity index (χ2n) is 6.94. The van der Waals surface area contributed by atoms with Gasteiger partial charge < -0.3 is 5.32 Å². The second-order valence-corrected chi connectivity index (χ2v) is 8.70. The van der Waals surface area contributed by atoms with Gasteiger partial charge in [0.2, 0.25) is 5.65 Å². The molecule has 2 aromatic rings. The fourth-order valence-electron chi connectivity index (χ4n) is 3.04. The van der Waals surface area contributed by atoms with Gasteiger partial charge in [0.1, 0.15) is 12.4 Å². The number of aromatic nitrogens is 4. The highest BCUT2D eigenvalue weighted by Crippen LogP contribution is 2.22. The van der Waals surface area contributed by atoms with Gasteiger partial charge >= 0.3 is 6.18 Å². The Balaban J connectivity index is 1.63. The number of rotatable bonds is 6. The lowest BCUT2D eigenvalue weighted by molar-refractivity contribution is -0.121. The third-order valence-corrected chi connectivity index (χ3v) is 6.01. The quantitative estimate of drug-likeness (QED) is 0.733. The summed E-state index contributed by atoms with van der Waals surface area (Å²) in [5, 5.41) is 11.6. The van der Waals surface area contributed by atoms with Crippen molar-refractivity contribution < 1.29 is 21.6 Å². The average molecular weight is 421 g/mol. The third kappa shape index (κ3) is 4.70. The molecule has 28 heavy (non-hydrogen) atoms. The van der Waals surface area contributed by atoms with Gasteiger partial charge in [-0.1, -0.05) is 13.8 Å². The molecule has 0 unspecified atom stereocenters. The second kappa shape index (κ2) is 7.79. The SMILES string of the molecule is CC(C)c1nnc2c(NC3CCN(S(=O)(=O)NCC(F)(F)F)CC3)nccn12. The number of hydrogen-bond acceptors (Lipinski definition) is 6. The van der Waals surface area contributed by atoms with Gasteiger partial charge in [-0.3, -0.25) is 4.40 Å². The molecule has 0 aromatic carbocycles. The first kappa shape index (κ1) is 20.7. The van der Waals surface area contributed by atoms with E-state index in [1.54, 1.807) is 17.1 Å². The van der Waals surface area contributed by atoms with Crippen molar-refractivity contribution in [1.82, 2.24) is 28.6 Å². The van der Waals surface area contributed by atoms with Crippen LogP contribution in [0.2, 0.25) is 0 Å². The van der Waals surface area contributed by atoms with E-state index < -0.39 is 22.9 Å². The molecule has 13 heteroatoms. The molecular formula is C15H22F3N7O2S. The Morgan fingerprint density at radius 3 is 2.54 bits per heavy atom. The highest BCUT2D eigenvalue weighted by atomic mass is 32.2. The summed E-state index contributed by atoms with van der Waals surface area (Å²) in [7, 11) is -4.16. The van der Waals surface area contributed by atoms with Crippen LogP contribution in [0.4, 0.5) is 19.0 Å². The molecule has 9 nitrogen and oxygen atoms in total. The van der Waals surface area contributed by atoms with Gasteiger partial charge in [0.15, 0.2) is 5.82 Å². The molecule has 3 rings (SSSR count). The number of piperidine rings is 1. The fourth-order valence-corrected chi connectivity index (χ4v) is 4.26. The minimum atomic E-state index is -4.59. The fraction of sp³-hybridized carbons (Fsp3) is 0.667. The van der Waals surface area contributed by atoms with Gasteiger partial charge in [-0.25, -0.2) is 4.98 Å². The van der Waals surface area contributed by atoms with Crippen LogP contribution in [0, 0.1) is 0 Å². The summed E-state index contributed by atoms with van der Waals surface area (Å²) in [6.07, 6.45) is -0.325. The molecular weight excluding hydrogens is 399 g/mol. The molecule has 156 valence electrons. The summed E-state index contributed by atoms with van der Waals surface area (Å²) in [6, 6.07) is -0.0769. The van der Waals surface area contributed by atoms with Crippen molar-refractivity contribution >= 4 is 21.7 Å². The van der Waals surface area contributed by atoms with Gasteiger partial charge in [-0.15, -0.1) is 10.2 Å². The van der Waals surface area contributed by atoms with Gasteiger partial charge in [0.25, 0.3) is 10.2 Å². The van der Waals surface area contributed by atoms with Crippen LogP contribution in [0.5, 0.6) is 0 Å². The molecule has 0 bridgehead atoms. The van der Waals surface area contributed by atoms with E-state index in [1.807, 2.05) is 18.2 Å². The number of alkyl halides is 3. The maximum atomic E-state index is 12.3. The van der Waals surface area contributed by atoms with E-state index >= 15 is 0 Å². The Morgan fingerprint density at radius 1 is 1.25 bits per heavy atom. The lowest BCUT2D eigenvalue weighted by Gasteiger charge is -2.31. The molecule has 1 aliphatic rings. The molecule has 0 aliphatic carbocycles. The predicted octanol–water partition coefficient (Wildman–Crippen LogP) is 1.52. The zero-order chi connectivity index (χ0) is 20.5. The van der Waals surface area contributed by atoms with Gasteiger partial charge in [0, 0.05) is 37.4 Å². The number of nitrogens with zero attached hydrogens (tertiary/aromatic N) is 5. The van der Waals surface area contributed by atoms with Crippen molar-refractivity contribution in [2.45, 2.75) is 44.8 Å². The van der Waals surface area contributed by atoms with Crippen LogP contribution < -0.4 is 10.0 Å². The van der Waals surface area contributed by atoms with Crippen molar-refractivity contribution in [2.75, 3.05) is 25.0 Å². The van der Waals surface area contributed by atoms with Crippen LogP contribution in [-0.2, 0) is 10.2 Å². The Kier molecular flexibility index (Phi) is 5.77. The average Bonchev–Trinajstić information content (AvgIpc) is 3.05. The summed E-state index contributed by atoms with van der Waals surface area (Å²) >= 11 is 0. The molecule has 1 fully saturated rings. The molecule has 0 spiro atoms. The normalized spacial score (nSPS) is 17.5. The van der Waals surface area contributed by atoms with E-state index in [1.165, 1.54) is 0 Å². The van der Waals surface area contributed by atoms with Gasteiger partial charge in [-0.2, -0.15) is 30.6 Å². The van der Waals surface area contributed by atoms with E-state index in [4.69, 9.17) is 0 Å². The summed E-state index contributed by atoms with van der Waals surface area (Å²) in [4.78, 5) is 4.29.